The summed E-state index contributed by atoms with van der Waals surface area (Å²) in [5.41, 5.74) is 0.944. The van der Waals surface area contributed by atoms with Gasteiger partial charge in [0.05, 0.1) is 22.7 Å². The zero-order valence-electron chi connectivity index (χ0n) is 15.3. The molecule has 146 valence electrons. The van der Waals surface area contributed by atoms with Crippen LogP contribution in [0.5, 0.6) is 11.5 Å². The number of ether oxygens (including phenoxy) is 2. The van der Waals surface area contributed by atoms with Gasteiger partial charge < -0.3 is 19.7 Å². The van der Waals surface area contributed by atoms with Crippen LogP contribution in [0.3, 0.4) is 0 Å². The van der Waals surface area contributed by atoms with E-state index in [0.29, 0.717) is 23.7 Å². The maximum absolute atomic E-state index is 12.8. The van der Waals surface area contributed by atoms with Gasteiger partial charge in [-0.1, -0.05) is 12.1 Å². The van der Waals surface area contributed by atoms with Crippen molar-refractivity contribution in [2.24, 2.45) is 0 Å². The molecule has 0 saturated carbocycles. The minimum Gasteiger partial charge on any atom is -0.486 e. The number of nitro benzene ring substituents is 1. The molecule has 0 aliphatic carbocycles. The number of nitro groups is 1. The second-order valence-corrected chi connectivity index (χ2v) is 6.86. The highest BCUT2D eigenvalue weighted by Crippen LogP contribution is 2.31. The zero-order chi connectivity index (χ0) is 19.5. The zero-order valence-corrected chi connectivity index (χ0v) is 15.3. The molecule has 1 saturated heterocycles. The molecule has 8 heteroatoms. The topological polar surface area (TPSA) is 93.9 Å². The minimum absolute atomic E-state index is 0.0979. The van der Waals surface area contributed by atoms with Gasteiger partial charge in [-0.2, -0.15) is 0 Å². The third-order valence-corrected chi connectivity index (χ3v) is 4.94. The van der Waals surface area contributed by atoms with Crippen LogP contribution in [0.15, 0.2) is 42.5 Å². The van der Waals surface area contributed by atoms with Gasteiger partial charge in [0.25, 0.3) is 11.6 Å². The summed E-state index contributed by atoms with van der Waals surface area (Å²) in [7, 11) is 0. The van der Waals surface area contributed by atoms with E-state index in [9.17, 15) is 14.9 Å². The van der Waals surface area contributed by atoms with E-state index in [1.165, 1.54) is 12.1 Å². The Morgan fingerprint density at radius 3 is 2.68 bits per heavy atom. The van der Waals surface area contributed by atoms with E-state index in [0.717, 1.165) is 31.6 Å². The van der Waals surface area contributed by atoms with Crippen molar-refractivity contribution < 1.29 is 19.2 Å². The van der Waals surface area contributed by atoms with Crippen molar-refractivity contribution in [2.45, 2.75) is 18.9 Å². The highest BCUT2D eigenvalue weighted by Gasteiger charge is 2.25. The number of carbonyl (C=O) groups is 1. The number of anilines is 1. The summed E-state index contributed by atoms with van der Waals surface area (Å²) in [4.78, 5) is 25.6. The summed E-state index contributed by atoms with van der Waals surface area (Å²) in [6.45, 7) is 2.25. The summed E-state index contributed by atoms with van der Waals surface area (Å²) in [5.74, 6) is 0.967. The Kier molecular flexibility index (Phi) is 5.01. The Morgan fingerprint density at radius 1 is 1.18 bits per heavy atom. The Labute approximate surface area is 162 Å². The van der Waals surface area contributed by atoms with E-state index in [1.807, 2.05) is 24.3 Å². The number of benzene rings is 2. The minimum atomic E-state index is -0.487. The number of amides is 1. The standard InChI is InChI=1S/C20H21N3O5/c24-20(21-12-15-13-27-18-5-1-2-6-19(18)28-15)16-11-14(23(25)26)7-8-17(16)22-9-3-4-10-22/h1-2,5-8,11,15H,3-4,9-10,12-13H2,(H,21,24). The van der Waals surface area contributed by atoms with E-state index < -0.39 is 4.92 Å². The predicted molar refractivity (Wildman–Crippen MR) is 103 cm³/mol. The molecule has 0 radical (unpaired) electrons. The van der Waals surface area contributed by atoms with Crippen molar-refractivity contribution in [2.75, 3.05) is 31.1 Å². The molecule has 1 fully saturated rings. The number of non-ortho nitro benzene ring substituents is 1. The van der Waals surface area contributed by atoms with Gasteiger partial charge in [-0.15, -0.1) is 0 Å². The average molecular weight is 383 g/mol. The fourth-order valence-electron chi connectivity index (χ4n) is 3.52. The fraction of sp³-hybridized carbons (Fsp3) is 0.350. The summed E-state index contributed by atoms with van der Waals surface area (Å²) in [5, 5.41) is 14.0. The molecule has 1 N–H and O–H groups in total. The lowest BCUT2D eigenvalue weighted by atomic mass is 10.1. The SMILES string of the molecule is O=C(NCC1COc2ccccc2O1)c1cc([N+](=O)[O-])ccc1N1CCCC1. The molecule has 2 heterocycles. The Bertz CT molecular complexity index is 895. The molecule has 4 rings (SSSR count). The maximum Gasteiger partial charge on any atom is 0.270 e. The van der Waals surface area contributed by atoms with Crippen LogP contribution in [0.2, 0.25) is 0 Å². The largest absolute Gasteiger partial charge is 0.486 e. The third kappa shape index (κ3) is 3.71. The van der Waals surface area contributed by atoms with Crippen LogP contribution >= 0.6 is 0 Å². The van der Waals surface area contributed by atoms with Crippen LogP contribution in [-0.4, -0.2) is 43.2 Å². The molecule has 2 aromatic rings. The van der Waals surface area contributed by atoms with Crippen molar-refractivity contribution in [3.05, 3.63) is 58.1 Å². The first kappa shape index (κ1) is 18.1. The van der Waals surface area contributed by atoms with Gasteiger partial charge in [0.15, 0.2) is 11.5 Å². The van der Waals surface area contributed by atoms with Gasteiger partial charge in [0.2, 0.25) is 0 Å². The molecule has 1 unspecified atom stereocenters. The normalized spacial score (nSPS) is 18.0. The van der Waals surface area contributed by atoms with E-state index in [1.54, 1.807) is 6.07 Å². The van der Waals surface area contributed by atoms with Crippen molar-refractivity contribution >= 4 is 17.3 Å². The molecule has 0 aromatic heterocycles. The maximum atomic E-state index is 12.8. The number of hydrogen-bond donors (Lipinski definition) is 1. The summed E-state index contributed by atoms with van der Waals surface area (Å²) in [6.07, 6.45) is 1.77. The highest BCUT2D eigenvalue weighted by atomic mass is 16.6. The Balaban J connectivity index is 1.48. The molecular formula is C20H21N3O5. The Morgan fingerprint density at radius 2 is 1.93 bits per heavy atom. The van der Waals surface area contributed by atoms with Gasteiger partial charge in [-0.25, -0.2) is 0 Å². The molecule has 2 aliphatic rings. The lowest BCUT2D eigenvalue weighted by Gasteiger charge is -2.27. The van der Waals surface area contributed by atoms with Crippen molar-refractivity contribution in [1.29, 1.82) is 0 Å². The number of para-hydroxylation sites is 2. The van der Waals surface area contributed by atoms with Crippen molar-refractivity contribution in [3.8, 4) is 11.5 Å². The van der Waals surface area contributed by atoms with Crippen LogP contribution in [-0.2, 0) is 0 Å². The summed E-state index contributed by atoms with van der Waals surface area (Å²) in [6, 6.07) is 11.8. The molecule has 28 heavy (non-hydrogen) atoms. The third-order valence-electron chi connectivity index (χ3n) is 4.94. The molecule has 2 aromatic carbocycles. The van der Waals surface area contributed by atoms with Gasteiger partial charge in [0, 0.05) is 25.2 Å². The monoisotopic (exact) mass is 383 g/mol. The van der Waals surface area contributed by atoms with E-state index >= 15 is 0 Å². The molecule has 1 atom stereocenters. The van der Waals surface area contributed by atoms with Crippen LogP contribution in [0.1, 0.15) is 23.2 Å². The number of nitrogens with one attached hydrogen (secondary N) is 1. The first-order valence-electron chi connectivity index (χ1n) is 9.32. The number of rotatable bonds is 5. The summed E-state index contributed by atoms with van der Waals surface area (Å²) >= 11 is 0. The van der Waals surface area contributed by atoms with Crippen molar-refractivity contribution in [1.82, 2.24) is 5.32 Å². The quantitative estimate of drug-likeness (QED) is 0.630. The molecule has 2 aliphatic heterocycles. The number of carbonyl (C=O) groups excluding carboxylic acids is 1. The molecular weight excluding hydrogens is 362 g/mol. The number of fused-ring (bicyclic) bond motifs is 1. The molecule has 8 nitrogen and oxygen atoms in total. The van der Waals surface area contributed by atoms with Crippen molar-refractivity contribution in [3.63, 3.8) is 0 Å². The number of hydrogen-bond acceptors (Lipinski definition) is 6. The first-order chi connectivity index (χ1) is 13.6. The molecule has 1 amide bonds. The lowest BCUT2D eigenvalue weighted by molar-refractivity contribution is -0.384. The fourth-order valence-corrected chi connectivity index (χ4v) is 3.52. The lowest BCUT2D eigenvalue weighted by Crippen LogP contribution is -2.41. The van der Waals surface area contributed by atoms with Crippen LogP contribution in [0, 0.1) is 10.1 Å². The van der Waals surface area contributed by atoms with Gasteiger partial charge in [-0.05, 0) is 31.0 Å². The first-order valence-corrected chi connectivity index (χ1v) is 9.32. The summed E-state index contributed by atoms with van der Waals surface area (Å²) < 4.78 is 11.5. The highest BCUT2D eigenvalue weighted by molar-refractivity contribution is 6.00. The number of nitrogens with zero attached hydrogens (tertiary/aromatic N) is 2. The molecule has 0 bridgehead atoms. The van der Waals surface area contributed by atoms with Crippen LogP contribution < -0.4 is 19.7 Å². The van der Waals surface area contributed by atoms with Gasteiger partial charge in [-0.3, -0.25) is 14.9 Å². The van der Waals surface area contributed by atoms with Gasteiger partial charge >= 0.3 is 0 Å². The molecule has 0 spiro atoms. The smallest absolute Gasteiger partial charge is 0.270 e. The average Bonchev–Trinajstić information content (AvgIpc) is 3.26. The predicted octanol–water partition coefficient (Wildman–Crippen LogP) is 2.76. The second-order valence-electron chi connectivity index (χ2n) is 6.86. The van der Waals surface area contributed by atoms with E-state index in [-0.39, 0.29) is 24.2 Å². The van der Waals surface area contributed by atoms with Gasteiger partial charge in [0.1, 0.15) is 12.7 Å². The van der Waals surface area contributed by atoms with E-state index in [2.05, 4.69) is 10.2 Å². The van der Waals surface area contributed by atoms with Crippen LogP contribution in [0.25, 0.3) is 0 Å². The second kappa shape index (κ2) is 7.75. The van der Waals surface area contributed by atoms with Crippen LogP contribution in [0.4, 0.5) is 11.4 Å². The van der Waals surface area contributed by atoms with E-state index in [4.69, 9.17) is 9.47 Å². The Hall–Kier alpha value is -3.29.